The molecule has 0 heterocycles. The van der Waals surface area contributed by atoms with Gasteiger partial charge in [0.15, 0.2) is 0 Å². The maximum absolute atomic E-state index is 13.1. The number of halogens is 2. The Morgan fingerprint density at radius 1 is 1.08 bits per heavy atom. The molecule has 0 radical (unpaired) electrons. The van der Waals surface area contributed by atoms with E-state index in [1.54, 1.807) is 0 Å². The first-order valence-corrected chi connectivity index (χ1v) is 4.45. The number of benzene rings is 1. The lowest BCUT2D eigenvalue weighted by molar-refractivity contribution is 0.370. The minimum Gasteiger partial charge on any atom is -0.243 e. The van der Waals surface area contributed by atoms with Crippen molar-refractivity contribution >= 4 is 0 Å². The third-order valence-corrected chi connectivity index (χ3v) is 2.10. The average Bonchev–Trinajstić information content (AvgIpc) is 2.03. The highest BCUT2D eigenvalue weighted by molar-refractivity contribution is 5.31. The molecule has 2 heteroatoms. The molecule has 0 N–H and O–H groups in total. The standard InChI is InChI=1S/C11H14F2/c1-7(2)11-6-9(13)4-5-10(11)8(3)12/h4-8H,1-3H3. The second-order valence-electron chi connectivity index (χ2n) is 3.54. The van der Waals surface area contributed by atoms with Crippen LogP contribution in [-0.4, -0.2) is 0 Å². The van der Waals surface area contributed by atoms with Crippen LogP contribution < -0.4 is 0 Å². The van der Waals surface area contributed by atoms with E-state index < -0.39 is 6.17 Å². The lowest BCUT2D eigenvalue weighted by atomic mass is 9.95. The summed E-state index contributed by atoms with van der Waals surface area (Å²) in [5.74, 6) is -0.142. The van der Waals surface area contributed by atoms with Gasteiger partial charge in [0.05, 0.1) is 0 Å². The van der Waals surface area contributed by atoms with Gasteiger partial charge in [-0.3, -0.25) is 0 Å². The largest absolute Gasteiger partial charge is 0.243 e. The molecule has 0 bridgehead atoms. The fourth-order valence-electron chi connectivity index (χ4n) is 1.41. The lowest BCUT2D eigenvalue weighted by Crippen LogP contribution is -1.98. The first-order valence-electron chi connectivity index (χ1n) is 4.45. The predicted octanol–water partition coefficient (Wildman–Crippen LogP) is 3.98. The summed E-state index contributed by atoms with van der Waals surface area (Å²) in [5, 5.41) is 0. The van der Waals surface area contributed by atoms with Crippen molar-refractivity contribution < 1.29 is 8.78 Å². The second-order valence-corrected chi connectivity index (χ2v) is 3.54. The van der Waals surface area contributed by atoms with Gasteiger partial charge < -0.3 is 0 Å². The Labute approximate surface area is 77.6 Å². The van der Waals surface area contributed by atoms with Crippen molar-refractivity contribution in [2.24, 2.45) is 0 Å². The molecule has 0 nitrogen and oxygen atoms in total. The van der Waals surface area contributed by atoms with Crippen molar-refractivity contribution in [2.45, 2.75) is 32.9 Å². The van der Waals surface area contributed by atoms with Crippen LogP contribution >= 0.6 is 0 Å². The van der Waals surface area contributed by atoms with Gasteiger partial charge in [0.2, 0.25) is 0 Å². The van der Waals surface area contributed by atoms with Crippen LogP contribution in [0.15, 0.2) is 18.2 Å². The minimum atomic E-state index is -1.03. The van der Waals surface area contributed by atoms with Gasteiger partial charge in [-0.25, -0.2) is 8.78 Å². The molecule has 0 aliphatic carbocycles. The summed E-state index contributed by atoms with van der Waals surface area (Å²) >= 11 is 0. The summed E-state index contributed by atoms with van der Waals surface area (Å²) in [7, 11) is 0. The van der Waals surface area contributed by atoms with E-state index in [9.17, 15) is 8.78 Å². The molecule has 0 aromatic heterocycles. The smallest absolute Gasteiger partial charge is 0.123 e. The molecule has 0 saturated carbocycles. The molecule has 0 aliphatic heterocycles. The van der Waals surface area contributed by atoms with E-state index in [-0.39, 0.29) is 11.7 Å². The molecule has 0 amide bonds. The van der Waals surface area contributed by atoms with Crippen molar-refractivity contribution in [3.05, 3.63) is 35.1 Å². The second kappa shape index (κ2) is 3.86. The van der Waals surface area contributed by atoms with Crippen LogP contribution in [0.1, 0.15) is 44.0 Å². The maximum Gasteiger partial charge on any atom is 0.123 e. The van der Waals surface area contributed by atoms with E-state index in [0.29, 0.717) is 5.56 Å². The SMILES string of the molecule is CC(C)c1cc(F)ccc1C(C)F. The van der Waals surface area contributed by atoms with Gasteiger partial charge in [-0.05, 0) is 36.1 Å². The summed E-state index contributed by atoms with van der Waals surface area (Å²) in [6.45, 7) is 5.33. The van der Waals surface area contributed by atoms with Gasteiger partial charge in [0.25, 0.3) is 0 Å². The van der Waals surface area contributed by atoms with E-state index in [1.807, 2.05) is 13.8 Å². The first-order chi connectivity index (χ1) is 6.02. The van der Waals surface area contributed by atoms with Crippen LogP contribution in [0.5, 0.6) is 0 Å². The molecular formula is C11H14F2. The van der Waals surface area contributed by atoms with Gasteiger partial charge in [-0.15, -0.1) is 0 Å². The Balaban J connectivity index is 3.19. The Bertz CT molecular complexity index is 290. The van der Waals surface area contributed by atoms with Gasteiger partial charge >= 0.3 is 0 Å². The van der Waals surface area contributed by atoms with Crippen LogP contribution in [0.4, 0.5) is 8.78 Å². The summed E-state index contributed by atoms with van der Waals surface area (Å²) in [6, 6.07) is 4.24. The zero-order valence-electron chi connectivity index (χ0n) is 8.14. The first kappa shape index (κ1) is 10.2. The topological polar surface area (TPSA) is 0 Å². The van der Waals surface area contributed by atoms with Gasteiger partial charge in [0, 0.05) is 0 Å². The van der Waals surface area contributed by atoms with E-state index >= 15 is 0 Å². The number of alkyl halides is 1. The highest BCUT2D eigenvalue weighted by Crippen LogP contribution is 2.27. The molecule has 13 heavy (non-hydrogen) atoms. The maximum atomic E-state index is 13.1. The fraction of sp³-hybridized carbons (Fsp3) is 0.455. The minimum absolute atomic E-state index is 0.156. The number of rotatable bonds is 2. The van der Waals surface area contributed by atoms with Crippen LogP contribution in [0, 0.1) is 5.82 Å². The Morgan fingerprint density at radius 2 is 1.69 bits per heavy atom. The summed E-state index contributed by atoms with van der Waals surface area (Å²) in [6.07, 6.45) is -1.03. The molecule has 1 aromatic carbocycles. The van der Waals surface area contributed by atoms with Crippen molar-refractivity contribution in [1.82, 2.24) is 0 Å². The lowest BCUT2D eigenvalue weighted by Gasteiger charge is -2.13. The van der Waals surface area contributed by atoms with Crippen LogP contribution in [-0.2, 0) is 0 Å². The van der Waals surface area contributed by atoms with E-state index in [0.717, 1.165) is 5.56 Å². The zero-order chi connectivity index (χ0) is 10.0. The zero-order valence-corrected chi connectivity index (χ0v) is 8.14. The molecule has 0 saturated heterocycles. The molecule has 0 fully saturated rings. The highest BCUT2D eigenvalue weighted by atomic mass is 19.1. The molecule has 1 unspecified atom stereocenters. The third-order valence-electron chi connectivity index (χ3n) is 2.10. The van der Waals surface area contributed by atoms with Crippen molar-refractivity contribution in [2.75, 3.05) is 0 Å². The van der Waals surface area contributed by atoms with Crippen LogP contribution in [0.2, 0.25) is 0 Å². The van der Waals surface area contributed by atoms with Crippen LogP contribution in [0.3, 0.4) is 0 Å². The Hall–Kier alpha value is -0.920. The van der Waals surface area contributed by atoms with E-state index in [4.69, 9.17) is 0 Å². The molecular weight excluding hydrogens is 170 g/mol. The van der Waals surface area contributed by atoms with E-state index in [2.05, 4.69) is 0 Å². The van der Waals surface area contributed by atoms with Gasteiger partial charge in [-0.1, -0.05) is 19.9 Å². The highest BCUT2D eigenvalue weighted by Gasteiger charge is 2.12. The molecule has 0 spiro atoms. The summed E-state index contributed by atoms with van der Waals surface area (Å²) in [4.78, 5) is 0. The van der Waals surface area contributed by atoms with Crippen molar-refractivity contribution in [3.63, 3.8) is 0 Å². The fourth-order valence-corrected chi connectivity index (χ4v) is 1.41. The molecule has 1 atom stereocenters. The van der Waals surface area contributed by atoms with Crippen LogP contribution in [0.25, 0.3) is 0 Å². The van der Waals surface area contributed by atoms with Crippen molar-refractivity contribution in [3.8, 4) is 0 Å². The normalized spacial score (nSPS) is 13.4. The average molecular weight is 184 g/mol. The third kappa shape index (κ3) is 2.27. The summed E-state index contributed by atoms with van der Waals surface area (Å²) in [5.41, 5.74) is 1.35. The molecule has 0 aliphatic rings. The molecule has 1 rings (SSSR count). The number of hydrogen-bond acceptors (Lipinski definition) is 0. The number of hydrogen-bond donors (Lipinski definition) is 0. The molecule has 72 valence electrons. The monoisotopic (exact) mass is 184 g/mol. The molecule has 1 aromatic rings. The predicted molar refractivity (Wildman–Crippen MR) is 50.0 cm³/mol. The van der Waals surface area contributed by atoms with Crippen molar-refractivity contribution in [1.29, 1.82) is 0 Å². The van der Waals surface area contributed by atoms with E-state index in [1.165, 1.54) is 25.1 Å². The Kier molecular flexibility index (Phi) is 3.02. The quantitative estimate of drug-likeness (QED) is 0.652. The van der Waals surface area contributed by atoms with Gasteiger partial charge in [-0.2, -0.15) is 0 Å². The van der Waals surface area contributed by atoms with Gasteiger partial charge in [0.1, 0.15) is 12.0 Å². The summed E-state index contributed by atoms with van der Waals surface area (Å²) < 4.78 is 25.9. The Morgan fingerprint density at radius 3 is 2.15 bits per heavy atom.